The van der Waals surface area contributed by atoms with Crippen LogP contribution in [0.4, 0.5) is 16.2 Å². The number of hydrogen-bond donors (Lipinski definition) is 2. The molecule has 29 heavy (non-hydrogen) atoms. The van der Waals surface area contributed by atoms with Gasteiger partial charge in [0.1, 0.15) is 5.75 Å². The van der Waals surface area contributed by atoms with Crippen LogP contribution in [0.3, 0.4) is 0 Å². The average Bonchev–Trinajstić information content (AvgIpc) is 2.75. The Bertz CT molecular complexity index is 804. The number of carbonyl (C=O) groups excluding carboxylic acids is 1. The van der Waals surface area contributed by atoms with Gasteiger partial charge < -0.3 is 29.9 Å². The number of benzene rings is 2. The van der Waals surface area contributed by atoms with Crippen molar-refractivity contribution in [2.75, 3.05) is 64.2 Å². The van der Waals surface area contributed by atoms with E-state index >= 15 is 0 Å². The number of amides is 2. The van der Waals surface area contributed by atoms with Crippen molar-refractivity contribution in [2.24, 2.45) is 0 Å². The largest absolute Gasteiger partial charge is 0.497 e. The van der Waals surface area contributed by atoms with E-state index < -0.39 is 6.04 Å². The van der Waals surface area contributed by atoms with E-state index in [1.54, 1.807) is 14.2 Å². The van der Waals surface area contributed by atoms with Gasteiger partial charge in [-0.2, -0.15) is 0 Å². The van der Waals surface area contributed by atoms with Gasteiger partial charge in [0, 0.05) is 33.2 Å². The number of anilines is 2. The number of aliphatic hydroxyl groups excluding tert-OH is 1. The smallest absolute Gasteiger partial charge is 0.322 e. The van der Waals surface area contributed by atoms with Crippen molar-refractivity contribution >= 4 is 17.4 Å². The number of hydrogen-bond acceptors (Lipinski definition) is 5. The summed E-state index contributed by atoms with van der Waals surface area (Å²) in [4.78, 5) is 19.1. The van der Waals surface area contributed by atoms with Crippen molar-refractivity contribution in [2.45, 2.75) is 6.04 Å². The summed E-state index contributed by atoms with van der Waals surface area (Å²) in [5.41, 5.74) is 2.64. The van der Waals surface area contributed by atoms with Gasteiger partial charge in [-0.25, -0.2) is 4.79 Å². The van der Waals surface area contributed by atoms with Crippen molar-refractivity contribution in [3.05, 3.63) is 54.1 Å². The average molecular weight is 399 g/mol. The number of likely N-dealkylation sites (N-methyl/N-ethyl adjacent to an activating group) is 2. The highest BCUT2D eigenvalue weighted by molar-refractivity contribution is 5.93. The number of urea groups is 1. The molecule has 7 heteroatoms. The fourth-order valence-electron chi connectivity index (χ4n) is 3.52. The maximum atomic E-state index is 12.9. The molecule has 3 rings (SSSR count). The lowest BCUT2D eigenvalue weighted by molar-refractivity contribution is 0.159. The van der Waals surface area contributed by atoms with Crippen molar-refractivity contribution in [1.82, 2.24) is 9.80 Å². The molecule has 2 aromatic rings. The number of para-hydroxylation sites is 2. The second-order valence-corrected chi connectivity index (χ2v) is 7.32. The summed E-state index contributed by atoms with van der Waals surface area (Å²) in [6.07, 6.45) is 0. The highest BCUT2D eigenvalue weighted by atomic mass is 16.5. The number of methoxy groups -OCH3 is 1. The highest BCUT2D eigenvalue weighted by Crippen LogP contribution is 2.28. The lowest BCUT2D eigenvalue weighted by Crippen LogP contribution is -2.45. The van der Waals surface area contributed by atoms with Crippen LogP contribution < -0.4 is 15.0 Å². The fourth-order valence-corrected chi connectivity index (χ4v) is 3.52. The van der Waals surface area contributed by atoms with E-state index in [1.165, 1.54) is 4.90 Å². The number of nitrogens with zero attached hydrogens (tertiary/aromatic N) is 3. The minimum Gasteiger partial charge on any atom is -0.497 e. The van der Waals surface area contributed by atoms with Crippen LogP contribution in [0.25, 0.3) is 0 Å². The normalized spacial score (nSPS) is 15.7. The molecular weight excluding hydrogens is 368 g/mol. The summed E-state index contributed by atoms with van der Waals surface area (Å²) in [6.45, 7) is 3.66. The number of nitrogens with one attached hydrogen (secondary N) is 1. The van der Waals surface area contributed by atoms with Crippen LogP contribution in [0.1, 0.15) is 11.6 Å². The van der Waals surface area contributed by atoms with Gasteiger partial charge in [-0.05, 0) is 36.9 Å². The number of aliphatic hydroxyl groups is 1. The van der Waals surface area contributed by atoms with Gasteiger partial charge in [-0.15, -0.1) is 0 Å². The Morgan fingerprint density at radius 1 is 1.14 bits per heavy atom. The van der Waals surface area contributed by atoms with E-state index in [2.05, 4.69) is 22.2 Å². The summed E-state index contributed by atoms with van der Waals surface area (Å²) < 4.78 is 5.18. The van der Waals surface area contributed by atoms with Crippen molar-refractivity contribution in [3.63, 3.8) is 0 Å². The quantitative estimate of drug-likeness (QED) is 0.783. The van der Waals surface area contributed by atoms with Crippen LogP contribution in [0.5, 0.6) is 5.75 Å². The molecule has 0 radical (unpaired) electrons. The topological polar surface area (TPSA) is 68.3 Å². The van der Waals surface area contributed by atoms with Crippen LogP contribution in [-0.4, -0.2) is 74.9 Å². The molecule has 1 heterocycles. The Morgan fingerprint density at radius 2 is 1.79 bits per heavy atom. The van der Waals surface area contributed by atoms with E-state index in [0.717, 1.165) is 48.9 Å². The molecule has 1 aliphatic rings. The molecule has 2 aromatic carbocycles. The molecule has 0 bridgehead atoms. The SMILES string of the molecule is COc1ccc([C@H](CO)N(C)C(=O)Nc2ccccc2N2CCN(C)CC2)cc1. The zero-order valence-electron chi connectivity index (χ0n) is 17.3. The number of ether oxygens (including phenoxy) is 1. The second kappa shape index (κ2) is 9.62. The van der Waals surface area contributed by atoms with Gasteiger partial charge in [0.25, 0.3) is 0 Å². The Hall–Kier alpha value is -2.77. The second-order valence-electron chi connectivity index (χ2n) is 7.32. The summed E-state index contributed by atoms with van der Waals surface area (Å²) in [7, 11) is 5.42. The first-order chi connectivity index (χ1) is 14.0. The highest BCUT2D eigenvalue weighted by Gasteiger charge is 2.23. The molecular formula is C22H30N4O3. The third-order valence-corrected chi connectivity index (χ3v) is 5.45. The van der Waals surface area contributed by atoms with E-state index in [4.69, 9.17) is 4.74 Å². The van der Waals surface area contributed by atoms with Crippen LogP contribution in [0, 0.1) is 0 Å². The van der Waals surface area contributed by atoms with E-state index in [9.17, 15) is 9.90 Å². The standard InChI is InChI=1S/C22H30N4O3/c1-24-12-14-26(15-13-24)20-7-5-4-6-19(20)23-22(28)25(2)21(16-27)17-8-10-18(29-3)11-9-17/h4-11,21,27H,12-16H2,1-3H3,(H,23,28)/t21-/m0/s1. The van der Waals surface area contributed by atoms with Crippen molar-refractivity contribution in [1.29, 1.82) is 0 Å². The van der Waals surface area contributed by atoms with Crippen LogP contribution in [-0.2, 0) is 0 Å². The molecule has 2 N–H and O–H groups in total. The lowest BCUT2D eigenvalue weighted by Gasteiger charge is -2.35. The van der Waals surface area contributed by atoms with Gasteiger partial charge in [0.05, 0.1) is 31.1 Å². The summed E-state index contributed by atoms with van der Waals surface area (Å²) in [5, 5.41) is 12.9. The molecule has 2 amide bonds. The minimum absolute atomic E-state index is 0.170. The molecule has 0 aliphatic carbocycles. The predicted molar refractivity (Wildman–Crippen MR) is 116 cm³/mol. The molecule has 0 saturated carbocycles. The van der Waals surface area contributed by atoms with E-state index in [1.807, 2.05) is 48.5 Å². The maximum Gasteiger partial charge on any atom is 0.322 e. The van der Waals surface area contributed by atoms with Gasteiger partial charge in [0.2, 0.25) is 0 Å². The third kappa shape index (κ3) is 4.99. The van der Waals surface area contributed by atoms with Crippen LogP contribution in [0.15, 0.2) is 48.5 Å². The first kappa shape index (κ1) is 21.0. The molecule has 0 unspecified atom stereocenters. The van der Waals surface area contributed by atoms with Gasteiger partial charge in [0.15, 0.2) is 0 Å². The molecule has 1 fully saturated rings. The van der Waals surface area contributed by atoms with Gasteiger partial charge in [-0.3, -0.25) is 0 Å². The van der Waals surface area contributed by atoms with Crippen LogP contribution in [0.2, 0.25) is 0 Å². The minimum atomic E-state index is -0.447. The number of carbonyl (C=O) groups is 1. The van der Waals surface area contributed by atoms with Crippen LogP contribution >= 0.6 is 0 Å². The van der Waals surface area contributed by atoms with Gasteiger partial charge in [-0.1, -0.05) is 24.3 Å². The van der Waals surface area contributed by atoms with Crippen molar-refractivity contribution < 1.29 is 14.6 Å². The van der Waals surface area contributed by atoms with Crippen molar-refractivity contribution in [3.8, 4) is 5.75 Å². The fraction of sp³-hybridized carbons (Fsp3) is 0.409. The number of piperazine rings is 1. The summed E-state index contributed by atoms with van der Waals surface area (Å²) in [5.74, 6) is 0.735. The predicted octanol–water partition coefficient (Wildman–Crippen LogP) is 2.64. The summed E-state index contributed by atoms with van der Waals surface area (Å²) >= 11 is 0. The zero-order chi connectivity index (χ0) is 20.8. The molecule has 7 nitrogen and oxygen atoms in total. The molecule has 0 spiro atoms. The Balaban J connectivity index is 1.73. The summed E-state index contributed by atoms with van der Waals surface area (Å²) in [6, 6.07) is 14.5. The lowest BCUT2D eigenvalue weighted by atomic mass is 10.1. The Kier molecular flexibility index (Phi) is 6.95. The third-order valence-electron chi connectivity index (χ3n) is 5.45. The molecule has 1 saturated heterocycles. The maximum absolute atomic E-state index is 12.9. The Morgan fingerprint density at radius 3 is 2.41 bits per heavy atom. The van der Waals surface area contributed by atoms with E-state index in [0.29, 0.717) is 0 Å². The first-order valence-corrected chi connectivity index (χ1v) is 9.84. The molecule has 1 aliphatic heterocycles. The first-order valence-electron chi connectivity index (χ1n) is 9.84. The number of rotatable bonds is 6. The van der Waals surface area contributed by atoms with Gasteiger partial charge >= 0.3 is 6.03 Å². The molecule has 0 aromatic heterocycles. The zero-order valence-corrected chi connectivity index (χ0v) is 17.3. The Labute approximate surface area is 172 Å². The monoisotopic (exact) mass is 398 g/mol. The molecule has 156 valence electrons. The van der Waals surface area contributed by atoms with E-state index in [-0.39, 0.29) is 12.6 Å². The molecule has 1 atom stereocenters.